The van der Waals surface area contributed by atoms with Gasteiger partial charge in [0, 0.05) is 18.7 Å². The zero-order valence-electron chi connectivity index (χ0n) is 12.9. The van der Waals surface area contributed by atoms with Crippen LogP contribution in [-0.2, 0) is 6.54 Å². The van der Waals surface area contributed by atoms with Crippen LogP contribution in [0.2, 0.25) is 0 Å². The highest BCUT2D eigenvalue weighted by Crippen LogP contribution is 2.56. The van der Waals surface area contributed by atoms with Gasteiger partial charge in [-0.1, -0.05) is 18.2 Å². The van der Waals surface area contributed by atoms with E-state index in [1.807, 2.05) is 18.2 Å². The minimum atomic E-state index is 0.423. The second kappa shape index (κ2) is 5.31. The molecule has 0 heterocycles. The normalized spacial score (nSPS) is 37.6. The molecule has 2 unspecified atom stereocenters. The first-order chi connectivity index (χ1) is 10.2. The largest absolute Gasteiger partial charge is 0.508 e. The Kier molecular flexibility index (Phi) is 3.45. The number of aromatic hydroxyl groups is 1. The predicted molar refractivity (Wildman–Crippen MR) is 85.0 cm³/mol. The molecule has 4 bridgehead atoms. The number of hydrogen-bond acceptors (Lipinski definition) is 2. The Hall–Kier alpha value is -1.02. The maximum absolute atomic E-state index is 9.88. The summed E-state index contributed by atoms with van der Waals surface area (Å²) < 4.78 is 0. The molecule has 0 amide bonds. The predicted octanol–water partition coefficient (Wildman–Crippen LogP) is 4.09. The molecule has 1 aromatic carbocycles. The van der Waals surface area contributed by atoms with E-state index >= 15 is 0 Å². The monoisotopic (exact) mass is 285 g/mol. The third-order valence-electron chi connectivity index (χ3n) is 6.33. The van der Waals surface area contributed by atoms with Crippen LogP contribution in [0.5, 0.6) is 5.75 Å². The van der Waals surface area contributed by atoms with Crippen molar-refractivity contribution in [3.63, 3.8) is 0 Å². The zero-order chi connectivity index (χ0) is 14.3. The van der Waals surface area contributed by atoms with E-state index in [1.54, 1.807) is 6.07 Å². The molecule has 5 rings (SSSR count). The topological polar surface area (TPSA) is 32.3 Å². The summed E-state index contributed by atoms with van der Waals surface area (Å²) in [4.78, 5) is 0. The highest BCUT2D eigenvalue weighted by molar-refractivity contribution is 5.31. The first kappa shape index (κ1) is 13.6. The van der Waals surface area contributed by atoms with E-state index in [1.165, 1.54) is 44.9 Å². The molecule has 4 fully saturated rings. The molecule has 2 N–H and O–H groups in total. The molecule has 4 aliphatic carbocycles. The van der Waals surface area contributed by atoms with Gasteiger partial charge in [0.15, 0.2) is 0 Å². The molecule has 4 atom stereocenters. The van der Waals surface area contributed by atoms with E-state index in [-0.39, 0.29) is 0 Å². The van der Waals surface area contributed by atoms with Crippen LogP contribution in [0.15, 0.2) is 24.3 Å². The maximum Gasteiger partial charge on any atom is 0.120 e. The smallest absolute Gasteiger partial charge is 0.120 e. The third-order valence-corrected chi connectivity index (χ3v) is 6.33. The molecule has 0 aliphatic heterocycles. The van der Waals surface area contributed by atoms with Crippen molar-refractivity contribution in [2.24, 2.45) is 23.2 Å². The van der Waals surface area contributed by atoms with Gasteiger partial charge >= 0.3 is 0 Å². The first-order valence-electron chi connectivity index (χ1n) is 8.70. The van der Waals surface area contributed by atoms with Crippen LogP contribution in [0.4, 0.5) is 0 Å². The summed E-state index contributed by atoms with van der Waals surface area (Å²) in [5.74, 6) is 3.48. The van der Waals surface area contributed by atoms with Gasteiger partial charge in [-0.2, -0.15) is 0 Å². The van der Waals surface area contributed by atoms with Crippen molar-refractivity contribution in [3.8, 4) is 5.75 Å². The summed E-state index contributed by atoms with van der Waals surface area (Å²) in [6, 6.07) is 7.70. The van der Waals surface area contributed by atoms with E-state index < -0.39 is 0 Å². The average Bonchev–Trinajstić information content (AvgIpc) is 2.66. The number of nitrogens with one attached hydrogen (secondary N) is 1. The van der Waals surface area contributed by atoms with Gasteiger partial charge in [0.1, 0.15) is 5.75 Å². The summed E-state index contributed by atoms with van der Waals surface area (Å²) in [7, 11) is 0. The second-order valence-corrected chi connectivity index (χ2v) is 7.98. The molecule has 4 aliphatic rings. The Morgan fingerprint density at radius 1 is 1.05 bits per heavy atom. The summed E-state index contributed by atoms with van der Waals surface area (Å²) in [6.07, 6.45) is 10.3. The number of phenols is 1. The van der Waals surface area contributed by atoms with Gasteiger partial charge in [-0.15, -0.1) is 0 Å². The fourth-order valence-electron chi connectivity index (χ4n) is 5.65. The third kappa shape index (κ3) is 2.70. The maximum atomic E-state index is 9.88. The van der Waals surface area contributed by atoms with Crippen molar-refractivity contribution < 1.29 is 5.11 Å². The van der Waals surface area contributed by atoms with Crippen molar-refractivity contribution in [2.75, 3.05) is 6.54 Å². The van der Waals surface area contributed by atoms with Crippen LogP contribution in [0.25, 0.3) is 0 Å². The Morgan fingerprint density at radius 2 is 1.76 bits per heavy atom. The van der Waals surface area contributed by atoms with Crippen LogP contribution in [0, 0.1) is 23.2 Å². The van der Waals surface area contributed by atoms with Gasteiger partial charge in [0.25, 0.3) is 0 Å². The molecule has 2 nitrogen and oxygen atoms in total. The quantitative estimate of drug-likeness (QED) is 0.873. The Bertz CT molecular complexity index is 498. The SMILES string of the molecule is Oc1ccccc1CNCC12CCC3C[C@H](C[C@H](C3)C1)C2. The molecular weight excluding hydrogens is 258 g/mol. The fourth-order valence-corrected chi connectivity index (χ4v) is 5.65. The lowest BCUT2D eigenvalue weighted by Crippen LogP contribution is -2.40. The number of hydrogen-bond donors (Lipinski definition) is 2. The number of para-hydroxylation sites is 1. The summed E-state index contributed by atoms with van der Waals surface area (Å²) >= 11 is 0. The average molecular weight is 285 g/mol. The molecule has 0 radical (unpaired) electrons. The molecule has 0 aromatic heterocycles. The van der Waals surface area contributed by atoms with E-state index in [2.05, 4.69) is 5.32 Å². The Morgan fingerprint density at radius 3 is 2.52 bits per heavy atom. The van der Waals surface area contributed by atoms with Crippen molar-refractivity contribution in [1.29, 1.82) is 0 Å². The van der Waals surface area contributed by atoms with Crippen LogP contribution >= 0.6 is 0 Å². The lowest BCUT2D eigenvalue weighted by Gasteiger charge is -2.45. The molecule has 0 saturated heterocycles. The van der Waals surface area contributed by atoms with Gasteiger partial charge in [-0.25, -0.2) is 0 Å². The summed E-state index contributed by atoms with van der Waals surface area (Å²) in [5.41, 5.74) is 1.59. The van der Waals surface area contributed by atoms with Crippen LogP contribution in [0.3, 0.4) is 0 Å². The van der Waals surface area contributed by atoms with Crippen molar-refractivity contribution in [2.45, 2.75) is 51.5 Å². The minimum absolute atomic E-state index is 0.423. The number of rotatable bonds is 4. The lowest BCUT2D eigenvalue weighted by molar-refractivity contribution is 0.0656. The molecule has 4 saturated carbocycles. The molecule has 114 valence electrons. The van der Waals surface area contributed by atoms with Gasteiger partial charge < -0.3 is 10.4 Å². The van der Waals surface area contributed by atoms with Crippen molar-refractivity contribution >= 4 is 0 Å². The Balaban J connectivity index is 1.41. The minimum Gasteiger partial charge on any atom is -0.508 e. The van der Waals surface area contributed by atoms with E-state index in [9.17, 15) is 5.11 Å². The zero-order valence-corrected chi connectivity index (χ0v) is 12.9. The molecule has 0 spiro atoms. The standard InChI is InChI=1S/C19H27NO/c21-18-4-2-1-3-17(18)12-20-13-19-6-5-14-7-15(10-19)9-16(8-14)11-19/h1-4,14-16,20-21H,5-13H2/t14?,15-,16+,19?. The number of benzene rings is 1. The molecular formula is C19H27NO. The van der Waals surface area contributed by atoms with Gasteiger partial charge in [0.2, 0.25) is 0 Å². The van der Waals surface area contributed by atoms with Crippen LogP contribution < -0.4 is 5.32 Å². The lowest BCUT2D eigenvalue weighted by atomic mass is 9.61. The molecule has 21 heavy (non-hydrogen) atoms. The first-order valence-corrected chi connectivity index (χ1v) is 8.70. The fraction of sp³-hybridized carbons (Fsp3) is 0.684. The van der Waals surface area contributed by atoms with Gasteiger partial charge in [-0.3, -0.25) is 0 Å². The van der Waals surface area contributed by atoms with E-state index in [0.717, 1.165) is 36.4 Å². The van der Waals surface area contributed by atoms with Gasteiger partial charge in [-0.05, 0) is 74.2 Å². The molecule has 1 aromatic rings. The van der Waals surface area contributed by atoms with Crippen molar-refractivity contribution in [3.05, 3.63) is 29.8 Å². The van der Waals surface area contributed by atoms with E-state index in [4.69, 9.17) is 0 Å². The highest BCUT2D eigenvalue weighted by atomic mass is 16.3. The summed E-state index contributed by atoms with van der Waals surface area (Å²) in [6.45, 7) is 1.94. The van der Waals surface area contributed by atoms with Crippen molar-refractivity contribution in [1.82, 2.24) is 5.32 Å². The number of phenolic OH excluding ortho intramolecular Hbond substituents is 1. The highest BCUT2D eigenvalue weighted by Gasteiger charge is 2.47. The van der Waals surface area contributed by atoms with Crippen LogP contribution in [0.1, 0.15) is 50.5 Å². The summed E-state index contributed by atoms with van der Waals surface area (Å²) in [5, 5.41) is 13.5. The Labute approximate surface area is 128 Å². The van der Waals surface area contributed by atoms with Gasteiger partial charge in [0.05, 0.1) is 0 Å². The molecule has 2 heteroatoms. The second-order valence-electron chi connectivity index (χ2n) is 7.98. The van der Waals surface area contributed by atoms with Crippen LogP contribution in [-0.4, -0.2) is 11.7 Å². The number of fused-ring (bicyclic) bond motifs is 1. The van der Waals surface area contributed by atoms with E-state index in [0.29, 0.717) is 11.2 Å².